The summed E-state index contributed by atoms with van der Waals surface area (Å²) in [5, 5.41) is 0. The molecule has 0 aliphatic heterocycles. The Kier molecular flexibility index (Phi) is 2.11. The van der Waals surface area contributed by atoms with Crippen LogP contribution in [0.25, 0.3) is 0 Å². The topological polar surface area (TPSA) is 26.0 Å². The van der Waals surface area contributed by atoms with E-state index in [9.17, 15) is 4.39 Å². The maximum Gasteiger partial charge on any atom is 0.123 e. The number of benzene rings is 1. The van der Waals surface area contributed by atoms with Crippen molar-refractivity contribution >= 4 is 0 Å². The summed E-state index contributed by atoms with van der Waals surface area (Å²) in [6.07, 6.45) is 2.02. The van der Waals surface area contributed by atoms with E-state index < -0.39 is 0 Å². The minimum absolute atomic E-state index is 0.0628. The monoisotopic (exact) mass is 193 g/mol. The standard InChI is InChI=1S/C12H16FN/c1-12(2)6-5-11(14)9-4-3-8(13)7-10(9)12/h3-4,7,11H,5-6,14H2,1-2H3. The van der Waals surface area contributed by atoms with Crippen LogP contribution >= 0.6 is 0 Å². The normalized spacial score (nSPS) is 24.4. The van der Waals surface area contributed by atoms with Crippen LogP contribution in [0.15, 0.2) is 18.2 Å². The van der Waals surface area contributed by atoms with Gasteiger partial charge < -0.3 is 5.73 Å². The minimum Gasteiger partial charge on any atom is -0.324 e. The summed E-state index contributed by atoms with van der Waals surface area (Å²) in [6.45, 7) is 4.30. The predicted octanol–water partition coefficient (Wildman–Crippen LogP) is 2.90. The molecule has 1 aliphatic carbocycles. The number of fused-ring (bicyclic) bond motifs is 1. The van der Waals surface area contributed by atoms with E-state index >= 15 is 0 Å². The SMILES string of the molecule is CC1(C)CCC(N)c2ccc(F)cc21. The van der Waals surface area contributed by atoms with Crippen LogP contribution in [0.1, 0.15) is 43.9 Å². The summed E-state index contributed by atoms with van der Waals surface area (Å²) in [6, 6.07) is 5.05. The van der Waals surface area contributed by atoms with Gasteiger partial charge in [-0.15, -0.1) is 0 Å². The van der Waals surface area contributed by atoms with Gasteiger partial charge in [-0.2, -0.15) is 0 Å². The van der Waals surface area contributed by atoms with Gasteiger partial charge in [0.1, 0.15) is 5.82 Å². The van der Waals surface area contributed by atoms with E-state index in [0.717, 1.165) is 24.0 Å². The summed E-state index contributed by atoms with van der Waals surface area (Å²) >= 11 is 0. The van der Waals surface area contributed by atoms with Crippen LogP contribution < -0.4 is 5.73 Å². The number of rotatable bonds is 0. The fourth-order valence-corrected chi connectivity index (χ4v) is 2.24. The first-order valence-corrected chi connectivity index (χ1v) is 5.06. The third-order valence-electron chi connectivity index (χ3n) is 3.22. The van der Waals surface area contributed by atoms with Gasteiger partial charge in [-0.25, -0.2) is 4.39 Å². The Morgan fingerprint density at radius 2 is 2.14 bits per heavy atom. The van der Waals surface area contributed by atoms with Crippen LogP contribution in [0, 0.1) is 5.82 Å². The highest BCUT2D eigenvalue weighted by atomic mass is 19.1. The Hall–Kier alpha value is -0.890. The van der Waals surface area contributed by atoms with Gasteiger partial charge in [-0.05, 0) is 41.5 Å². The molecular weight excluding hydrogens is 177 g/mol. The van der Waals surface area contributed by atoms with Gasteiger partial charge in [0.25, 0.3) is 0 Å². The van der Waals surface area contributed by atoms with Crippen LogP contribution in [0.4, 0.5) is 4.39 Å². The smallest absolute Gasteiger partial charge is 0.123 e. The molecule has 1 aliphatic rings. The average molecular weight is 193 g/mol. The van der Waals surface area contributed by atoms with Crippen molar-refractivity contribution in [2.24, 2.45) is 5.73 Å². The highest BCUT2D eigenvalue weighted by Gasteiger charge is 2.31. The van der Waals surface area contributed by atoms with Crippen LogP contribution in [-0.4, -0.2) is 0 Å². The maximum absolute atomic E-state index is 13.1. The van der Waals surface area contributed by atoms with E-state index in [4.69, 9.17) is 5.73 Å². The van der Waals surface area contributed by atoms with Gasteiger partial charge in [0.2, 0.25) is 0 Å². The second-order valence-corrected chi connectivity index (χ2v) is 4.76. The molecule has 1 aromatic rings. The van der Waals surface area contributed by atoms with Gasteiger partial charge in [-0.1, -0.05) is 19.9 Å². The summed E-state index contributed by atoms with van der Waals surface area (Å²) in [5.74, 6) is -0.161. The third kappa shape index (κ3) is 1.44. The molecule has 0 saturated heterocycles. The first-order valence-electron chi connectivity index (χ1n) is 5.06. The van der Waals surface area contributed by atoms with Crippen LogP contribution in [0.3, 0.4) is 0 Å². The van der Waals surface area contributed by atoms with E-state index in [-0.39, 0.29) is 17.3 Å². The minimum atomic E-state index is -0.161. The van der Waals surface area contributed by atoms with E-state index in [1.165, 1.54) is 6.07 Å². The molecule has 0 fully saturated rings. The van der Waals surface area contributed by atoms with Gasteiger partial charge in [0.15, 0.2) is 0 Å². The largest absolute Gasteiger partial charge is 0.324 e. The molecule has 1 unspecified atom stereocenters. The molecule has 2 N–H and O–H groups in total. The van der Waals surface area contributed by atoms with Crippen LogP contribution in [0.2, 0.25) is 0 Å². The van der Waals surface area contributed by atoms with Crippen molar-refractivity contribution in [3.63, 3.8) is 0 Å². The van der Waals surface area contributed by atoms with Crippen LogP contribution in [0.5, 0.6) is 0 Å². The van der Waals surface area contributed by atoms with Crippen molar-refractivity contribution in [2.75, 3.05) is 0 Å². The lowest BCUT2D eigenvalue weighted by atomic mass is 9.71. The zero-order chi connectivity index (χ0) is 10.3. The molecule has 14 heavy (non-hydrogen) atoms. The Bertz CT molecular complexity index is 357. The van der Waals surface area contributed by atoms with Crippen molar-refractivity contribution in [1.82, 2.24) is 0 Å². The highest BCUT2D eigenvalue weighted by molar-refractivity contribution is 5.38. The molecule has 2 heteroatoms. The third-order valence-corrected chi connectivity index (χ3v) is 3.22. The number of nitrogens with two attached hydrogens (primary N) is 1. The Morgan fingerprint density at radius 3 is 2.86 bits per heavy atom. The molecule has 1 atom stereocenters. The van der Waals surface area contributed by atoms with Gasteiger partial charge in [0.05, 0.1) is 0 Å². The van der Waals surface area contributed by atoms with Crippen LogP contribution in [-0.2, 0) is 5.41 Å². The molecule has 2 rings (SSSR count). The fourth-order valence-electron chi connectivity index (χ4n) is 2.24. The van der Waals surface area contributed by atoms with Crippen molar-refractivity contribution < 1.29 is 4.39 Å². The molecule has 1 nitrogen and oxygen atoms in total. The second-order valence-electron chi connectivity index (χ2n) is 4.76. The molecule has 1 aromatic carbocycles. The molecular formula is C12H16FN. The highest BCUT2D eigenvalue weighted by Crippen LogP contribution is 2.40. The maximum atomic E-state index is 13.1. The Balaban J connectivity index is 2.58. The lowest BCUT2D eigenvalue weighted by Crippen LogP contribution is -2.29. The van der Waals surface area contributed by atoms with Gasteiger partial charge in [-0.3, -0.25) is 0 Å². The predicted molar refractivity (Wildman–Crippen MR) is 55.6 cm³/mol. The quantitative estimate of drug-likeness (QED) is 0.673. The van der Waals surface area contributed by atoms with E-state index in [1.807, 2.05) is 6.07 Å². The first-order chi connectivity index (χ1) is 6.50. The molecule has 0 saturated carbocycles. The van der Waals surface area contributed by atoms with Crippen molar-refractivity contribution in [2.45, 2.75) is 38.1 Å². The van der Waals surface area contributed by atoms with Crippen molar-refractivity contribution in [3.05, 3.63) is 35.1 Å². The zero-order valence-electron chi connectivity index (χ0n) is 8.68. The molecule has 76 valence electrons. The average Bonchev–Trinajstić information content (AvgIpc) is 2.12. The van der Waals surface area contributed by atoms with E-state index in [0.29, 0.717) is 0 Å². The molecule has 0 aromatic heterocycles. The lowest BCUT2D eigenvalue weighted by molar-refractivity contribution is 0.393. The molecule has 0 spiro atoms. The Morgan fingerprint density at radius 1 is 1.43 bits per heavy atom. The molecule has 0 heterocycles. The summed E-state index contributed by atoms with van der Waals surface area (Å²) in [4.78, 5) is 0. The lowest BCUT2D eigenvalue weighted by Gasteiger charge is -2.35. The second kappa shape index (κ2) is 3.06. The first kappa shape index (κ1) is 9.66. The zero-order valence-corrected chi connectivity index (χ0v) is 8.68. The number of hydrogen-bond acceptors (Lipinski definition) is 1. The van der Waals surface area contributed by atoms with E-state index in [1.54, 1.807) is 6.07 Å². The van der Waals surface area contributed by atoms with Crippen molar-refractivity contribution in [1.29, 1.82) is 0 Å². The van der Waals surface area contributed by atoms with Gasteiger partial charge >= 0.3 is 0 Å². The number of halogens is 1. The summed E-state index contributed by atoms with van der Waals surface area (Å²) in [7, 11) is 0. The molecule has 0 bridgehead atoms. The molecule has 0 radical (unpaired) electrons. The van der Waals surface area contributed by atoms with E-state index in [2.05, 4.69) is 13.8 Å². The van der Waals surface area contributed by atoms with Gasteiger partial charge in [0, 0.05) is 6.04 Å². The fraction of sp³-hybridized carbons (Fsp3) is 0.500. The van der Waals surface area contributed by atoms with Crippen molar-refractivity contribution in [3.8, 4) is 0 Å². The molecule has 0 amide bonds. The Labute approximate surface area is 84.1 Å². The summed E-state index contributed by atoms with van der Waals surface area (Å²) in [5.41, 5.74) is 8.25. The number of hydrogen-bond donors (Lipinski definition) is 1. The summed E-state index contributed by atoms with van der Waals surface area (Å²) < 4.78 is 13.1.